The lowest BCUT2D eigenvalue weighted by Crippen LogP contribution is -2.35. The Kier molecular flexibility index (Phi) is 5.97. The normalized spacial score (nSPS) is 12.6. The lowest BCUT2D eigenvalue weighted by atomic mass is 9.78. The first kappa shape index (κ1) is 16.1. The first-order valence-electron chi connectivity index (χ1n) is 6.47. The predicted octanol–water partition coefficient (Wildman–Crippen LogP) is 1.12. The van der Waals surface area contributed by atoms with Crippen molar-refractivity contribution in [3.63, 3.8) is 0 Å². The lowest BCUT2D eigenvalue weighted by Gasteiger charge is -2.30. The van der Waals surface area contributed by atoms with Crippen LogP contribution in [0.2, 0.25) is 0 Å². The standard InChI is InChI=1S/C14H22O4S/c1-2-19(17,18)10-6-9-14(11-15,12-16)13-7-4-3-5-8-13/h3-5,7-8,15-16H,2,6,9-12H2,1H3. The molecular formula is C14H22O4S. The Hall–Kier alpha value is -0.910. The highest BCUT2D eigenvalue weighted by molar-refractivity contribution is 7.91. The summed E-state index contributed by atoms with van der Waals surface area (Å²) in [7, 11) is -3.00. The van der Waals surface area contributed by atoms with Crippen molar-refractivity contribution in [3.8, 4) is 0 Å². The van der Waals surface area contributed by atoms with Crippen molar-refractivity contribution in [2.45, 2.75) is 25.2 Å². The van der Waals surface area contributed by atoms with Crippen LogP contribution >= 0.6 is 0 Å². The minimum atomic E-state index is -3.00. The number of sulfone groups is 1. The second-order valence-corrected chi connectivity index (χ2v) is 7.28. The first-order valence-corrected chi connectivity index (χ1v) is 8.29. The number of benzene rings is 1. The molecule has 0 aliphatic heterocycles. The van der Waals surface area contributed by atoms with Crippen LogP contribution in [0.25, 0.3) is 0 Å². The van der Waals surface area contributed by atoms with Gasteiger partial charge in [-0.25, -0.2) is 8.42 Å². The van der Waals surface area contributed by atoms with Crippen LogP contribution in [0.15, 0.2) is 30.3 Å². The smallest absolute Gasteiger partial charge is 0.150 e. The lowest BCUT2D eigenvalue weighted by molar-refractivity contribution is 0.109. The van der Waals surface area contributed by atoms with Gasteiger partial charge in [0, 0.05) is 11.2 Å². The zero-order chi connectivity index (χ0) is 14.4. The molecule has 1 aromatic carbocycles. The third-order valence-electron chi connectivity index (χ3n) is 3.54. The minimum Gasteiger partial charge on any atom is -0.395 e. The summed E-state index contributed by atoms with van der Waals surface area (Å²) in [5.41, 5.74) is 0.0822. The summed E-state index contributed by atoms with van der Waals surface area (Å²) >= 11 is 0. The third kappa shape index (κ3) is 4.30. The molecule has 4 nitrogen and oxygen atoms in total. The van der Waals surface area contributed by atoms with Crippen LogP contribution < -0.4 is 0 Å². The molecule has 1 aromatic rings. The van der Waals surface area contributed by atoms with Gasteiger partial charge in [0.2, 0.25) is 0 Å². The molecule has 0 saturated heterocycles. The topological polar surface area (TPSA) is 74.6 Å². The molecule has 1 rings (SSSR count). The molecule has 0 amide bonds. The van der Waals surface area contributed by atoms with Crippen molar-refractivity contribution in [1.82, 2.24) is 0 Å². The van der Waals surface area contributed by atoms with E-state index in [-0.39, 0.29) is 24.7 Å². The quantitative estimate of drug-likeness (QED) is 0.751. The molecule has 0 aliphatic carbocycles. The average Bonchev–Trinajstić information content (AvgIpc) is 2.45. The van der Waals surface area contributed by atoms with Gasteiger partial charge in [0.1, 0.15) is 9.84 Å². The summed E-state index contributed by atoms with van der Waals surface area (Å²) in [6.45, 7) is 1.23. The van der Waals surface area contributed by atoms with Crippen LogP contribution in [0.3, 0.4) is 0 Å². The molecule has 5 heteroatoms. The molecule has 0 heterocycles. The molecule has 0 aromatic heterocycles. The largest absolute Gasteiger partial charge is 0.395 e. The van der Waals surface area contributed by atoms with Crippen molar-refractivity contribution >= 4 is 9.84 Å². The van der Waals surface area contributed by atoms with E-state index >= 15 is 0 Å². The Labute approximate surface area is 115 Å². The van der Waals surface area contributed by atoms with E-state index in [0.717, 1.165) is 5.56 Å². The molecule has 0 spiro atoms. The Morgan fingerprint density at radius 2 is 1.68 bits per heavy atom. The number of aliphatic hydroxyl groups is 2. The third-order valence-corrected chi connectivity index (χ3v) is 5.33. The molecular weight excluding hydrogens is 264 g/mol. The van der Waals surface area contributed by atoms with Crippen LogP contribution in [0, 0.1) is 0 Å². The Bertz CT molecular complexity index is 463. The number of hydrogen-bond acceptors (Lipinski definition) is 4. The maximum absolute atomic E-state index is 11.5. The highest BCUT2D eigenvalue weighted by Crippen LogP contribution is 2.28. The van der Waals surface area contributed by atoms with E-state index < -0.39 is 15.3 Å². The van der Waals surface area contributed by atoms with Gasteiger partial charge in [-0.1, -0.05) is 37.3 Å². The fourth-order valence-corrected chi connectivity index (χ4v) is 2.97. The molecule has 0 bridgehead atoms. The minimum absolute atomic E-state index is 0.0953. The van der Waals surface area contributed by atoms with E-state index in [9.17, 15) is 18.6 Å². The van der Waals surface area contributed by atoms with Gasteiger partial charge in [-0.05, 0) is 18.4 Å². The molecule has 19 heavy (non-hydrogen) atoms. The van der Waals surface area contributed by atoms with Crippen molar-refractivity contribution < 1.29 is 18.6 Å². The molecule has 0 fully saturated rings. The Morgan fingerprint density at radius 3 is 2.16 bits per heavy atom. The van der Waals surface area contributed by atoms with Crippen LogP contribution in [0.4, 0.5) is 0 Å². The van der Waals surface area contributed by atoms with Crippen molar-refractivity contribution in [2.75, 3.05) is 24.7 Å². The van der Waals surface area contributed by atoms with E-state index in [1.165, 1.54) is 0 Å². The summed E-state index contributed by atoms with van der Waals surface area (Å²) < 4.78 is 22.9. The molecule has 0 saturated carbocycles. The second kappa shape index (κ2) is 7.03. The molecule has 0 aliphatic rings. The van der Waals surface area contributed by atoms with Crippen LogP contribution in [0.1, 0.15) is 25.3 Å². The summed E-state index contributed by atoms with van der Waals surface area (Å²) in [5.74, 6) is 0.224. The molecule has 2 N–H and O–H groups in total. The van der Waals surface area contributed by atoms with E-state index in [1.54, 1.807) is 6.92 Å². The maximum atomic E-state index is 11.5. The van der Waals surface area contributed by atoms with Crippen LogP contribution in [-0.4, -0.2) is 43.4 Å². The number of rotatable bonds is 8. The van der Waals surface area contributed by atoms with Gasteiger partial charge >= 0.3 is 0 Å². The van der Waals surface area contributed by atoms with E-state index in [1.807, 2.05) is 30.3 Å². The first-order chi connectivity index (χ1) is 8.99. The summed E-state index contributed by atoms with van der Waals surface area (Å²) in [4.78, 5) is 0. The van der Waals surface area contributed by atoms with Gasteiger partial charge in [0.15, 0.2) is 0 Å². The Balaban J connectivity index is 2.79. The van der Waals surface area contributed by atoms with E-state index in [4.69, 9.17) is 0 Å². The van der Waals surface area contributed by atoms with E-state index in [2.05, 4.69) is 0 Å². The SMILES string of the molecule is CCS(=O)(=O)CCCC(CO)(CO)c1ccccc1. The van der Waals surface area contributed by atoms with Gasteiger partial charge in [-0.2, -0.15) is 0 Å². The summed E-state index contributed by atoms with van der Waals surface area (Å²) in [6, 6.07) is 9.25. The maximum Gasteiger partial charge on any atom is 0.150 e. The highest BCUT2D eigenvalue weighted by atomic mass is 32.2. The van der Waals surface area contributed by atoms with Gasteiger partial charge < -0.3 is 10.2 Å². The van der Waals surface area contributed by atoms with Gasteiger partial charge in [-0.3, -0.25) is 0 Å². The fourth-order valence-electron chi connectivity index (χ4n) is 2.10. The van der Waals surface area contributed by atoms with Crippen LogP contribution in [0.5, 0.6) is 0 Å². The van der Waals surface area contributed by atoms with E-state index in [0.29, 0.717) is 12.8 Å². The highest BCUT2D eigenvalue weighted by Gasteiger charge is 2.30. The van der Waals surface area contributed by atoms with Gasteiger partial charge in [-0.15, -0.1) is 0 Å². The predicted molar refractivity (Wildman–Crippen MR) is 75.9 cm³/mol. The molecule has 0 atom stereocenters. The monoisotopic (exact) mass is 286 g/mol. The average molecular weight is 286 g/mol. The zero-order valence-electron chi connectivity index (χ0n) is 11.2. The number of hydrogen-bond donors (Lipinski definition) is 2. The van der Waals surface area contributed by atoms with Crippen molar-refractivity contribution in [2.24, 2.45) is 0 Å². The molecule has 108 valence electrons. The fraction of sp³-hybridized carbons (Fsp3) is 0.571. The van der Waals surface area contributed by atoms with Gasteiger partial charge in [0.05, 0.1) is 19.0 Å². The second-order valence-electron chi connectivity index (χ2n) is 4.80. The number of aliphatic hydroxyl groups excluding tert-OH is 2. The van der Waals surface area contributed by atoms with Crippen LogP contribution in [-0.2, 0) is 15.3 Å². The van der Waals surface area contributed by atoms with Crippen molar-refractivity contribution in [1.29, 1.82) is 0 Å². The summed E-state index contributed by atoms with van der Waals surface area (Å²) in [5, 5.41) is 19.2. The Morgan fingerprint density at radius 1 is 1.11 bits per heavy atom. The molecule has 0 radical (unpaired) electrons. The zero-order valence-corrected chi connectivity index (χ0v) is 12.1. The summed E-state index contributed by atoms with van der Waals surface area (Å²) in [6.07, 6.45) is 0.884. The van der Waals surface area contributed by atoms with Gasteiger partial charge in [0.25, 0.3) is 0 Å². The van der Waals surface area contributed by atoms with Crippen molar-refractivity contribution in [3.05, 3.63) is 35.9 Å². The molecule has 0 unspecified atom stereocenters.